The number of carbonyl (C=O) groups excluding carboxylic acids is 1. The second-order valence-electron chi connectivity index (χ2n) is 10.3. The number of unbranched alkanes of at least 4 members (excludes halogenated alkanes) is 6. The number of ketones is 1. The van der Waals surface area contributed by atoms with Gasteiger partial charge >= 0.3 is 0 Å². The maximum atomic E-state index is 12.7. The zero-order valence-electron chi connectivity index (χ0n) is 21.9. The molecule has 0 unspecified atom stereocenters. The summed E-state index contributed by atoms with van der Waals surface area (Å²) >= 11 is 3.78. The molecule has 1 aliphatic rings. The van der Waals surface area contributed by atoms with Gasteiger partial charge in [0.2, 0.25) is 0 Å². The van der Waals surface area contributed by atoms with Crippen molar-refractivity contribution in [3.8, 4) is 11.1 Å². The van der Waals surface area contributed by atoms with E-state index >= 15 is 0 Å². The summed E-state index contributed by atoms with van der Waals surface area (Å²) in [5.41, 5.74) is 7.58. The average Bonchev–Trinajstić information content (AvgIpc) is 3.16. The predicted molar refractivity (Wildman–Crippen MR) is 158 cm³/mol. The molecule has 0 spiro atoms. The quantitative estimate of drug-likeness (QED) is 0.119. The molecule has 0 aromatic heterocycles. The van der Waals surface area contributed by atoms with Crippen LogP contribution in [0.3, 0.4) is 0 Å². The summed E-state index contributed by atoms with van der Waals surface area (Å²) in [4.78, 5) is 12.7. The van der Waals surface area contributed by atoms with Gasteiger partial charge in [0.1, 0.15) is 0 Å². The van der Waals surface area contributed by atoms with Gasteiger partial charge in [-0.3, -0.25) is 4.79 Å². The Labute approximate surface area is 226 Å². The second kappa shape index (κ2) is 12.7. The van der Waals surface area contributed by atoms with E-state index in [2.05, 4.69) is 66.2 Å². The third-order valence-corrected chi connectivity index (χ3v) is 8.24. The highest BCUT2D eigenvalue weighted by Gasteiger charge is 2.42. The van der Waals surface area contributed by atoms with E-state index in [0.717, 1.165) is 15.6 Å². The molecule has 1 nitrogen and oxygen atoms in total. The summed E-state index contributed by atoms with van der Waals surface area (Å²) in [6.45, 7) is 4.57. The van der Waals surface area contributed by atoms with Crippen LogP contribution >= 0.6 is 15.9 Å². The molecule has 3 aromatic rings. The zero-order chi connectivity index (χ0) is 25.4. The first-order valence-electron chi connectivity index (χ1n) is 13.8. The fraction of sp³-hybridized carbons (Fsp3) is 0.382. The van der Waals surface area contributed by atoms with Crippen molar-refractivity contribution in [2.75, 3.05) is 0 Å². The molecule has 0 saturated carbocycles. The Morgan fingerprint density at radius 3 is 2.00 bits per heavy atom. The highest BCUT2D eigenvalue weighted by Crippen LogP contribution is 2.55. The van der Waals surface area contributed by atoms with Gasteiger partial charge in [0.15, 0.2) is 5.78 Å². The van der Waals surface area contributed by atoms with Crippen molar-refractivity contribution < 1.29 is 4.79 Å². The molecule has 188 valence electrons. The number of fused-ring (bicyclic) bond motifs is 3. The van der Waals surface area contributed by atoms with Crippen LogP contribution in [0.25, 0.3) is 17.2 Å². The van der Waals surface area contributed by atoms with Gasteiger partial charge in [-0.25, -0.2) is 0 Å². The summed E-state index contributed by atoms with van der Waals surface area (Å²) in [5, 5.41) is 0. The van der Waals surface area contributed by atoms with Crippen LogP contribution in [0.15, 0.2) is 77.3 Å². The van der Waals surface area contributed by atoms with Crippen LogP contribution in [0.1, 0.15) is 105 Å². The molecule has 2 heteroatoms. The van der Waals surface area contributed by atoms with Crippen LogP contribution in [0.2, 0.25) is 0 Å². The van der Waals surface area contributed by atoms with Crippen molar-refractivity contribution in [1.82, 2.24) is 0 Å². The van der Waals surface area contributed by atoms with E-state index in [9.17, 15) is 4.79 Å². The largest absolute Gasteiger partial charge is 0.289 e. The normalized spacial score (nSPS) is 13.6. The van der Waals surface area contributed by atoms with E-state index in [1.165, 1.54) is 86.5 Å². The SMILES string of the molecule is CCCCCCC1(CCCCCC)c2cc(Br)ccc2-c2ccc(C=CC(=O)c3ccccc3)cc21. The lowest BCUT2D eigenvalue weighted by atomic mass is 9.70. The Kier molecular flexibility index (Phi) is 9.37. The van der Waals surface area contributed by atoms with Gasteiger partial charge in [0.25, 0.3) is 0 Å². The molecular weight excluding hydrogens is 504 g/mol. The van der Waals surface area contributed by atoms with Gasteiger partial charge in [0, 0.05) is 15.5 Å². The summed E-state index contributed by atoms with van der Waals surface area (Å²) in [5.74, 6) is 0.0497. The third-order valence-electron chi connectivity index (χ3n) is 7.75. The minimum absolute atomic E-state index is 0.0449. The minimum atomic E-state index is 0.0449. The van der Waals surface area contributed by atoms with E-state index in [0.29, 0.717) is 0 Å². The van der Waals surface area contributed by atoms with Gasteiger partial charge in [0.05, 0.1) is 0 Å². The van der Waals surface area contributed by atoms with E-state index < -0.39 is 0 Å². The van der Waals surface area contributed by atoms with Crippen LogP contribution in [-0.2, 0) is 5.41 Å². The number of allylic oxidation sites excluding steroid dienone is 1. The average molecular weight is 544 g/mol. The topological polar surface area (TPSA) is 17.1 Å². The number of benzene rings is 3. The fourth-order valence-electron chi connectivity index (χ4n) is 5.83. The number of carbonyl (C=O) groups is 1. The van der Waals surface area contributed by atoms with Crippen molar-refractivity contribution in [1.29, 1.82) is 0 Å². The fourth-order valence-corrected chi connectivity index (χ4v) is 6.19. The standard InChI is InChI=1S/C34H39BrO/c1-3-5-7-12-22-34(23-13-8-6-4-2)31-24-26(17-21-33(36)27-14-10-9-11-15-27)16-19-29(31)30-20-18-28(35)25-32(30)34/h9-11,14-21,24-25H,3-8,12-13,22-23H2,1-2H3. The van der Waals surface area contributed by atoms with Crippen molar-refractivity contribution in [3.63, 3.8) is 0 Å². The van der Waals surface area contributed by atoms with E-state index in [-0.39, 0.29) is 11.2 Å². The first-order valence-corrected chi connectivity index (χ1v) is 14.6. The van der Waals surface area contributed by atoms with Gasteiger partial charge in [-0.1, -0.05) is 142 Å². The van der Waals surface area contributed by atoms with Crippen LogP contribution < -0.4 is 0 Å². The number of halogens is 1. The lowest BCUT2D eigenvalue weighted by molar-refractivity contribution is 0.104. The number of hydrogen-bond donors (Lipinski definition) is 0. The van der Waals surface area contributed by atoms with Crippen LogP contribution in [0.5, 0.6) is 0 Å². The molecule has 4 rings (SSSR count). The monoisotopic (exact) mass is 542 g/mol. The Balaban J connectivity index is 1.72. The molecule has 0 radical (unpaired) electrons. The van der Waals surface area contributed by atoms with Gasteiger partial charge < -0.3 is 0 Å². The molecule has 0 heterocycles. The van der Waals surface area contributed by atoms with Crippen LogP contribution in [0, 0.1) is 0 Å². The lowest BCUT2D eigenvalue weighted by Gasteiger charge is -2.33. The molecule has 0 fully saturated rings. The van der Waals surface area contributed by atoms with Gasteiger partial charge in [-0.2, -0.15) is 0 Å². The molecule has 0 amide bonds. The Bertz CT molecular complexity index is 1180. The molecule has 0 saturated heterocycles. The Morgan fingerprint density at radius 1 is 0.750 bits per heavy atom. The van der Waals surface area contributed by atoms with E-state index in [4.69, 9.17) is 0 Å². The summed E-state index contributed by atoms with van der Waals surface area (Å²) in [6, 6.07) is 23.2. The molecule has 0 aliphatic heterocycles. The first-order chi connectivity index (χ1) is 17.6. The highest BCUT2D eigenvalue weighted by molar-refractivity contribution is 9.10. The van der Waals surface area contributed by atoms with E-state index in [1.807, 2.05) is 36.4 Å². The highest BCUT2D eigenvalue weighted by atomic mass is 79.9. The Morgan fingerprint density at radius 2 is 1.36 bits per heavy atom. The van der Waals surface area contributed by atoms with Crippen molar-refractivity contribution in [3.05, 3.63) is 99.5 Å². The summed E-state index contributed by atoms with van der Waals surface area (Å²) in [7, 11) is 0. The van der Waals surface area contributed by atoms with Crippen molar-refractivity contribution >= 4 is 27.8 Å². The molecule has 1 aliphatic carbocycles. The summed E-state index contributed by atoms with van der Waals surface area (Å²) in [6.07, 6.45) is 16.3. The number of hydrogen-bond acceptors (Lipinski definition) is 1. The molecule has 3 aromatic carbocycles. The molecule has 36 heavy (non-hydrogen) atoms. The minimum Gasteiger partial charge on any atom is -0.289 e. The lowest BCUT2D eigenvalue weighted by Crippen LogP contribution is -2.25. The first kappa shape index (κ1) is 26.6. The van der Waals surface area contributed by atoms with Crippen molar-refractivity contribution in [2.24, 2.45) is 0 Å². The van der Waals surface area contributed by atoms with Crippen LogP contribution in [0.4, 0.5) is 0 Å². The van der Waals surface area contributed by atoms with Crippen molar-refractivity contribution in [2.45, 2.75) is 83.5 Å². The molecule has 0 atom stereocenters. The van der Waals surface area contributed by atoms with Gasteiger partial charge in [-0.15, -0.1) is 0 Å². The smallest absolute Gasteiger partial charge is 0.185 e. The molecule has 0 N–H and O–H groups in total. The van der Waals surface area contributed by atoms with Gasteiger partial charge in [-0.05, 0) is 58.9 Å². The zero-order valence-corrected chi connectivity index (χ0v) is 23.4. The maximum Gasteiger partial charge on any atom is 0.185 e. The third kappa shape index (κ3) is 5.92. The molecular formula is C34H39BrO. The molecule has 0 bridgehead atoms. The Hall–Kier alpha value is -2.45. The predicted octanol–water partition coefficient (Wildman–Crippen LogP) is 10.6. The maximum absolute atomic E-state index is 12.7. The van der Waals surface area contributed by atoms with Crippen LogP contribution in [-0.4, -0.2) is 5.78 Å². The number of rotatable bonds is 13. The van der Waals surface area contributed by atoms with E-state index in [1.54, 1.807) is 6.08 Å². The summed E-state index contributed by atoms with van der Waals surface area (Å²) < 4.78 is 1.16. The second-order valence-corrected chi connectivity index (χ2v) is 11.2.